The lowest BCUT2D eigenvalue weighted by Gasteiger charge is -1.95. The van der Waals surface area contributed by atoms with E-state index in [1.165, 1.54) is 0 Å². The summed E-state index contributed by atoms with van der Waals surface area (Å²) in [6.45, 7) is 6.12. The molecule has 0 fully saturated rings. The Labute approximate surface area is 46.1 Å². The van der Waals surface area contributed by atoms with E-state index >= 15 is 0 Å². The first-order chi connectivity index (χ1) is 3.41. The van der Waals surface area contributed by atoms with Gasteiger partial charge in [-0.2, -0.15) is 0 Å². The fourth-order valence-electron chi connectivity index (χ4n) is 0.372. The minimum absolute atomic E-state index is 1.02. The minimum atomic E-state index is 1.02. The largest absolute Gasteiger partial charge is 0.316 e. The SMILES string of the molecule is C[CH]CNC[CH]C. The summed E-state index contributed by atoms with van der Waals surface area (Å²) in [7, 11) is 0. The maximum atomic E-state index is 3.17. The van der Waals surface area contributed by atoms with Crippen LogP contribution in [0.15, 0.2) is 0 Å². The van der Waals surface area contributed by atoms with Gasteiger partial charge in [0.2, 0.25) is 0 Å². The van der Waals surface area contributed by atoms with Crippen LogP contribution in [-0.2, 0) is 0 Å². The van der Waals surface area contributed by atoms with Crippen LogP contribution in [-0.4, -0.2) is 13.1 Å². The predicted octanol–water partition coefficient (Wildman–Crippen LogP) is 1.02. The van der Waals surface area contributed by atoms with Crippen molar-refractivity contribution in [2.24, 2.45) is 0 Å². The summed E-state index contributed by atoms with van der Waals surface area (Å²) in [5.74, 6) is 0. The van der Waals surface area contributed by atoms with Crippen molar-refractivity contribution in [2.45, 2.75) is 13.8 Å². The van der Waals surface area contributed by atoms with Crippen LogP contribution < -0.4 is 5.32 Å². The van der Waals surface area contributed by atoms with Gasteiger partial charge < -0.3 is 5.32 Å². The van der Waals surface area contributed by atoms with Gasteiger partial charge in [0, 0.05) is 0 Å². The highest BCUT2D eigenvalue weighted by Gasteiger charge is 1.77. The first-order valence-electron chi connectivity index (χ1n) is 2.68. The topological polar surface area (TPSA) is 12.0 Å². The van der Waals surface area contributed by atoms with Crippen molar-refractivity contribution >= 4 is 0 Å². The first kappa shape index (κ1) is 6.96. The van der Waals surface area contributed by atoms with Crippen molar-refractivity contribution in [1.29, 1.82) is 0 Å². The summed E-state index contributed by atoms with van der Waals surface area (Å²) in [6, 6.07) is 0. The molecule has 0 bridgehead atoms. The molecule has 1 nitrogen and oxygen atoms in total. The van der Waals surface area contributed by atoms with E-state index in [1.807, 2.05) is 13.8 Å². The maximum Gasteiger partial charge on any atom is -0.00200 e. The number of hydrogen-bond acceptors (Lipinski definition) is 1. The smallest absolute Gasteiger partial charge is 0.00200 e. The van der Waals surface area contributed by atoms with Crippen LogP contribution in [0.5, 0.6) is 0 Å². The molecule has 0 saturated carbocycles. The molecule has 0 aliphatic rings. The molecule has 0 aliphatic carbocycles. The van der Waals surface area contributed by atoms with Crippen molar-refractivity contribution in [3.05, 3.63) is 12.8 Å². The molecule has 0 aromatic rings. The minimum Gasteiger partial charge on any atom is -0.316 e. The molecule has 0 amide bonds. The van der Waals surface area contributed by atoms with Crippen LogP contribution in [0.1, 0.15) is 13.8 Å². The van der Waals surface area contributed by atoms with E-state index in [1.54, 1.807) is 0 Å². The molecule has 1 N–H and O–H groups in total. The molecule has 0 spiro atoms. The molecule has 7 heavy (non-hydrogen) atoms. The molecule has 0 aliphatic heterocycles. The van der Waals surface area contributed by atoms with E-state index in [2.05, 4.69) is 18.2 Å². The van der Waals surface area contributed by atoms with Gasteiger partial charge in [-0.3, -0.25) is 0 Å². The van der Waals surface area contributed by atoms with Gasteiger partial charge >= 0.3 is 0 Å². The van der Waals surface area contributed by atoms with Crippen LogP contribution in [0.2, 0.25) is 0 Å². The summed E-state index contributed by atoms with van der Waals surface area (Å²) in [4.78, 5) is 0. The van der Waals surface area contributed by atoms with Gasteiger partial charge in [-0.05, 0) is 25.9 Å². The molecule has 0 saturated heterocycles. The maximum absolute atomic E-state index is 3.17. The zero-order valence-electron chi connectivity index (χ0n) is 5.07. The lowest BCUT2D eigenvalue weighted by Crippen LogP contribution is -2.15. The van der Waals surface area contributed by atoms with E-state index in [0.717, 1.165) is 13.1 Å². The molecule has 2 radical (unpaired) electrons. The van der Waals surface area contributed by atoms with E-state index < -0.39 is 0 Å². The molecule has 0 heterocycles. The highest BCUT2D eigenvalue weighted by atomic mass is 14.8. The average Bonchev–Trinajstić information content (AvgIpc) is 1.69. The van der Waals surface area contributed by atoms with Crippen LogP contribution in [0, 0.1) is 12.8 Å². The molecule has 0 aromatic heterocycles. The molecule has 0 unspecified atom stereocenters. The molecular weight excluding hydrogens is 86.1 g/mol. The zero-order valence-corrected chi connectivity index (χ0v) is 5.07. The fraction of sp³-hybridized carbons (Fsp3) is 0.667. The second kappa shape index (κ2) is 5.96. The summed E-state index contributed by atoms with van der Waals surface area (Å²) in [5, 5.41) is 3.17. The first-order valence-corrected chi connectivity index (χ1v) is 2.68. The van der Waals surface area contributed by atoms with Gasteiger partial charge in [0.1, 0.15) is 0 Å². The molecule has 0 atom stereocenters. The second-order valence-corrected chi connectivity index (χ2v) is 1.47. The second-order valence-electron chi connectivity index (χ2n) is 1.47. The lowest BCUT2D eigenvalue weighted by molar-refractivity contribution is 0.783. The van der Waals surface area contributed by atoms with Gasteiger partial charge in [-0.15, -0.1) is 0 Å². The molecule has 0 rings (SSSR count). The van der Waals surface area contributed by atoms with Crippen LogP contribution in [0.3, 0.4) is 0 Å². The number of rotatable bonds is 4. The van der Waals surface area contributed by atoms with E-state index in [4.69, 9.17) is 0 Å². The Hall–Kier alpha value is -0.0400. The fourth-order valence-corrected chi connectivity index (χ4v) is 0.372. The van der Waals surface area contributed by atoms with Gasteiger partial charge in [-0.1, -0.05) is 13.8 Å². The van der Waals surface area contributed by atoms with Crippen LogP contribution in [0.4, 0.5) is 0 Å². The Bertz CT molecular complexity index is 23.4. The van der Waals surface area contributed by atoms with Gasteiger partial charge in [-0.25, -0.2) is 0 Å². The Morgan fingerprint density at radius 2 is 1.57 bits per heavy atom. The monoisotopic (exact) mass is 99.1 g/mol. The molecule has 1 heteroatoms. The third kappa shape index (κ3) is 5.96. The third-order valence-corrected chi connectivity index (χ3v) is 0.697. The van der Waals surface area contributed by atoms with Crippen molar-refractivity contribution in [2.75, 3.05) is 13.1 Å². The quantitative estimate of drug-likeness (QED) is 0.519. The van der Waals surface area contributed by atoms with Crippen molar-refractivity contribution < 1.29 is 0 Å². The number of hydrogen-bond donors (Lipinski definition) is 1. The van der Waals surface area contributed by atoms with Gasteiger partial charge in [0.05, 0.1) is 0 Å². The molecule has 42 valence electrons. The van der Waals surface area contributed by atoms with Crippen molar-refractivity contribution in [3.8, 4) is 0 Å². The molecular formula is C6H13N. The molecule has 0 aromatic carbocycles. The van der Waals surface area contributed by atoms with Crippen LogP contribution >= 0.6 is 0 Å². The van der Waals surface area contributed by atoms with Crippen LogP contribution in [0.25, 0.3) is 0 Å². The van der Waals surface area contributed by atoms with Gasteiger partial charge in [0.25, 0.3) is 0 Å². The summed E-state index contributed by atoms with van der Waals surface area (Å²) < 4.78 is 0. The van der Waals surface area contributed by atoms with E-state index in [-0.39, 0.29) is 0 Å². The normalized spacial score (nSPS) is 9.43. The summed E-state index contributed by atoms with van der Waals surface area (Å²) >= 11 is 0. The Kier molecular flexibility index (Phi) is 5.93. The highest BCUT2D eigenvalue weighted by Crippen LogP contribution is 1.69. The third-order valence-electron chi connectivity index (χ3n) is 0.697. The Balaban J connectivity index is 2.45. The Morgan fingerprint density at radius 3 is 1.86 bits per heavy atom. The summed E-state index contributed by atoms with van der Waals surface area (Å²) in [6.07, 6.45) is 4.20. The zero-order chi connectivity index (χ0) is 5.54. The average molecular weight is 99.2 g/mol. The van der Waals surface area contributed by atoms with E-state index in [9.17, 15) is 0 Å². The standard InChI is InChI=1S/C6H13N/c1-3-5-7-6-4-2/h3-4,7H,5-6H2,1-2H3. The Morgan fingerprint density at radius 1 is 1.14 bits per heavy atom. The van der Waals surface area contributed by atoms with Gasteiger partial charge in [0.15, 0.2) is 0 Å². The van der Waals surface area contributed by atoms with Crippen molar-refractivity contribution in [3.63, 3.8) is 0 Å². The highest BCUT2D eigenvalue weighted by molar-refractivity contribution is 4.64. The van der Waals surface area contributed by atoms with Crippen molar-refractivity contribution in [1.82, 2.24) is 5.32 Å². The lowest BCUT2D eigenvalue weighted by atomic mass is 10.4. The van der Waals surface area contributed by atoms with E-state index in [0.29, 0.717) is 0 Å². The summed E-state index contributed by atoms with van der Waals surface area (Å²) in [5.41, 5.74) is 0. The number of nitrogens with one attached hydrogen (secondary N) is 1. The predicted molar refractivity (Wildman–Crippen MR) is 32.8 cm³/mol.